The maximum atomic E-state index is 12.1. The first-order chi connectivity index (χ1) is 8.58. The normalized spacial score (nSPS) is 12.2. The van der Waals surface area contributed by atoms with Crippen molar-refractivity contribution in [2.45, 2.75) is 33.2 Å². The molecule has 3 heteroatoms. The number of nitrogens with two attached hydrogens (primary N) is 1. The monoisotopic (exact) mass is 248 g/mol. The van der Waals surface area contributed by atoms with Crippen LogP contribution in [0.5, 0.6) is 0 Å². The molecule has 0 radical (unpaired) electrons. The zero-order valence-electron chi connectivity index (χ0n) is 11.6. The molecule has 100 valence electrons. The largest absolute Gasteiger partial charge is 0.341 e. The molecule has 1 aromatic carbocycles. The molecule has 1 rings (SSSR count). The fourth-order valence-electron chi connectivity index (χ4n) is 1.93. The van der Waals surface area contributed by atoms with Crippen molar-refractivity contribution in [1.29, 1.82) is 0 Å². The van der Waals surface area contributed by atoms with Crippen molar-refractivity contribution in [3.05, 3.63) is 35.4 Å². The maximum Gasteiger partial charge on any atom is 0.222 e. The van der Waals surface area contributed by atoms with Crippen LogP contribution in [0.3, 0.4) is 0 Å². The molecule has 1 amide bonds. The molecule has 0 aliphatic heterocycles. The van der Waals surface area contributed by atoms with Crippen LogP contribution in [0, 0.1) is 12.8 Å². The number of carbonyl (C=O) groups excluding carboxylic acids is 1. The molecule has 2 N–H and O–H groups in total. The summed E-state index contributed by atoms with van der Waals surface area (Å²) in [5, 5.41) is 0. The summed E-state index contributed by atoms with van der Waals surface area (Å²) in [5.74, 6) is 0.479. The quantitative estimate of drug-likeness (QED) is 0.840. The van der Waals surface area contributed by atoms with E-state index in [0.29, 0.717) is 25.4 Å². The van der Waals surface area contributed by atoms with Crippen molar-refractivity contribution < 1.29 is 4.79 Å². The fourth-order valence-corrected chi connectivity index (χ4v) is 1.93. The average Bonchev–Trinajstić information content (AvgIpc) is 2.38. The molecule has 0 aliphatic carbocycles. The smallest absolute Gasteiger partial charge is 0.222 e. The number of benzene rings is 1. The second-order valence-electron chi connectivity index (χ2n) is 4.89. The molecule has 18 heavy (non-hydrogen) atoms. The van der Waals surface area contributed by atoms with Gasteiger partial charge in [-0.05, 0) is 30.5 Å². The number of hydrogen-bond acceptors (Lipinski definition) is 2. The lowest BCUT2D eigenvalue weighted by Crippen LogP contribution is -2.30. The first-order valence-corrected chi connectivity index (χ1v) is 6.57. The van der Waals surface area contributed by atoms with Gasteiger partial charge in [0.15, 0.2) is 0 Å². The number of amides is 1. The van der Waals surface area contributed by atoms with Gasteiger partial charge in [-0.3, -0.25) is 4.79 Å². The Morgan fingerprint density at radius 3 is 2.61 bits per heavy atom. The third-order valence-corrected chi connectivity index (χ3v) is 3.47. The topological polar surface area (TPSA) is 46.3 Å². The molecule has 1 atom stereocenters. The van der Waals surface area contributed by atoms with E-state index in [0.717, 1.165) is 6.42 Å². The predicted octanol–water partition coefficient (Wildman–Crippen LogP) is 2.33. The Balaban J connectivity index is 2.57. The maximum absolute atomic E-state index is 12.1. The summed E-state index contributed by atoms with van der Waals surface area (Å²) < 4.78 is 0. The second kappa shape index (κ2) is 7.17. The summed E-state index contributed by atoms with van der Waals surface area (Å²) in [4.78, 5) is 13.8. The van der Waals surface area contributed by atoms with Crippen LogP contribution in [0.15, 0.2) is 24.3 Å². The van der Waals surface area contributed by atoms with Gasteiger partial charge in [0.25, 0.3) is 0 Å². The van der Waals surface area contributed by atoms with Crippen LogP contribution in [0.2, 0.25) is 0 Å². The van der Waals surface area contributed by atoms with E-state index in [-0.39, 0.29) is 5.91 Å². The van der Waals surface area contributed by atoms with Gasteiger partial charge in [-0.1, -0.05) is 37.6 Å². The number of carbonyl (C=O) groups is 1. The number of hydrogen-bond donors (Lipinski definition) is 1. The highest BCUT2D eigenvalue weighted by molar-refractivity contribution is 5.76. The zero-order chi connectivity index (χ0) is 13.5. The van der Waals surface area contributed by atoms with Crippen LogP contribution in [0.25, 0.3) is 0 Å². The Hall–Kier alpha value is -1.35. The van der Waals surface area contributed by atoms with E-state index >= 15 is 0 Å². The molecule has 0 heterocycles. The van der Waals surface area contributed by atoms with Crippen LogP contribution in [-0.2, 0) is 11.3 Å². The van der Waals surface area contributed by atoms with Gasteiger partial charge < -0.3 is 10.6 Å². The van der Waals surface area contributed by atoms with Gasteiger partial charge in [-0.15, -0.1) is 0 Å². The van der Waals surface area contributed by atoms with Gasteiger partial charge >= 0.3 is 0 Å². The minimum Gasteiger partial charge on any atom is -0.341 e. The van der Waals surface area contributed by atoms with Crippen molar-refractivity contribution in [3.63, 3.8) is 0 Å². The molecular weight excluding hydrogens is 224 g/mol. The Morgan fingerprint density at radius 1 is 1.39 bits per heavy atom. The van der Waals surface area contributed by atoms with E-state index < -0.39 is 0 Å². The standard InChI is InChI=1S/C15H24N2O/c1-4-13(10-16)9-15(18)17(3)11-14-8-6-5-7-12(14)2/h5-8,13H,4,9-11,16H2,1-3H3. The summed E-state index contributed by atoms with van der Waals surface area (Å²) in [6.07, 6.45) is 1.51. The van der Waals surface area contributed by atoms with Crippen LogP contribution < -0.4 is 5.73 Å². The lowest BCUT2D eigenvalue weighted by molar-refractivity contribution is -0.131. The van der Waals surface area contributed by atoms with Gasteiger partial charge in [0.1, 0.15) is 0 Å². The third kappa shape index (κ3) is 4.15. The molecule has 0 fully saturated rings. The molecule has 0 aliphatic rings. The van der Waals surface area contributed by atoms with E-state index in [9.17, 15) is 4.79 Å². The summed E-state index contributed by atoms with van der Waals surface area (Å²) in [5.41, 5.74) is 8.07. The van der Waals surface area contributed by atoms with Crippen molar-refractivity contribution in [1.82, 2.24) is 4.90 Å². The molecule has 0 saturated carbocycles. The number of rotatable bonds is 6. The third-order valence-electron chi connectivity index (χ3n) is 3.47. The van der Waals surface area contributed by atoms with Gasteiger partial charge in [-0.2, -0.15) is 0 Å². The van der Waals surface area contributed by atoms with Crippen LogP contribution in [0.4, 0.5) is 0 Å². The van der Waals surface area contributed by atoms with Crippen molar-refractivity contribution in [2.75, 3.05) is 13.6 Å². The Labute approximate surface area is 110 Å². The van der Waals surface area contributed by atoms with E-state index in [1.54, 1.807) is 4.90 Å². The average molecular weight is 248 g/mol. The first kappa shape index (κ1) is 14.7. The Morgan fingerprint density at radius 2 is 2.06 bits per heavy atom. The van der Waals surface area contributed by atoms with Gasteiger partial charge in [0.2, 0.25) is 5.91 Å². The summed E-state index contributed by atoms with van der Waals surface area (Å²) in [7, 11) is 1.86. The van der Waals surface area contributed by atoms with Crippen LogP contribution in [0.1, 0.15) is 30.9 Å². The van der Waals surface area contributed by atoms with Crippen molar-refractivity contribution in [2.24, 2.45) is 11.7 Å². The van der Waals surface area contributed by atoms with Gasteiger partial charge in [0, 0.05) is 20.0 Å². The van der Waals surface area contributed by atoms with Crippen molar-refractivity contribution in [3.8, 4) is 0 Å². The van der Waals surface area contributed by atoms with Crippen molar-refractivity contribution >= 4 is 5.91 Å². The number of nitrogens with zero attached hydrogens (tertiary/aromatic N) is 1. The van der Waals surface area contributed by atoms with Crippen LogP contribution in [-0.4, -0.2) is 24.4 Å². The van der Waals surface area contributed by atoms with E-state index in [1.807, 2.05) is 19.2 Å². The number of aryl methyl sites for hydroxylation is 1. The highest BCUT2D eigenvalue weighted by Gasteiger charge is 2.15. The molecule has 0 spiro atoms. The Kier molecular flexibility index (Phi) is 5.86. The molecule has 1 aromatic rings. The molecule has 0 saturated heterocycles. The highest BCUT2D eigenvalue weighted by atomic mass is 16.2. The van der Waals surface area contributed by atoms with Crippen LogP contribution >= 0.6 is 0 Å². The SMILES string of the molecule is CCC(CN)CC(=O)N(C)Cc1ccccc1C. The highest BCUT2D eigenvalue weighted by Crippen LogP contribution is 2.13. The summed E-state index contributed by atoms with van der Waals surface area (Å²) in [6, 6.07) is 8.17. The van der Waals surface area contributed by atoms with E-state index in [2.05, 4.69) is 26.0 Å². The fraction of sp³-hybridized carbons (Fsp3) is 0.533. The summed E-state index contributed by atoms with van der Waals surface area (Å²) in [6.45, 7) is 5.40. The summed E-state index contributed by atoms with van der Waals surface area (Å²) >= 11 is 0. The molecule has 3 nitrogen and oxygen atoms in total. The molecular formula is C15H24N2O. The lowest BCUT2D eigenvalue weighted by Gasteiger charge is -2.21. The lowest BCUT2D eigenvalue weighted by atomic mass is 10.0. The minimum absolute atomic E-state index is 0.176. The predicted molar refractivity (Wildman–Crippen MR) is 75.1 cm³/mol. The van der Waals surface area contributed by atoms with E-state index in [4.69, 9.17) is 5.73 Å². The second-order valence-corrected chi connectivity index (χ2v) is 4.89. The molecule has 0 bridgehead atoms. The molecule has 1 unspecified atom stereocenters. The van der Waals surface area contributed by atoms with Gasteiger partial charge in [0.05, 0.1) is 0 Å². The first-order valence-electron chi connectivity index (χ1n) is 6.57. The molecule has 0 aromatic heterocycles. The van der Waals surface area contributed by atoms with E-state index in [1.165, 1.54) is 11.1 Å². The minimum atomic E-state index is 0.176. The zero-order valence-corrected chi connectivity index (χ0v) is 11.6. The Bertz CT molecular complexity index is 386. The van der Waals surface area contributed by atoms with Gasteiger partial charge in [-0.25, -0.2) is 0 Å².